The molecule has 1 amide bonds. The molecule has 0 radical (unpaired) electrons. The highest BCUT2D eigenvalue weighted by atomic mass is 19.1. The van der Waals surface area contributed by atoms with Gasteiger partial charge in [-0.05, 0) is 19.9 Å². The minimum absolute atomic E-state index is 0.0128. The van der Waals surface area contributed by atoms with Crippen molar-refractivity contribution in [3.8, 4) is 0 Å². The normalized spacial score (nSPS) is 11.9. The molecule has 0 spiro atoms. The van der Waals surface area contributed by atoms with Crippen LogP contribution in [0.15, 0.2) is 41.3 Å². The summed E-state index contributed by atoms with van der Waals surface area (Å²) < 4.78 is 13.6. The number of aromatic nitrogens is 1. The summed E-state index contributed by atoms with van der Waals surface area (Å²) in [4.78, 5) is 26.5. The molecule has 1 atom stereocenters. The molecule has 0 saturated carbocycles. The first-order valence-electron chi connectivity index (χ1n) is 6.23. The molecule has 1 aromatic heterocycles. The van der Waals surface area contributed by atoms with Crippen LogP contribution in [0.1, 0.15) is 34.6 Å². The van der Waals surface area contributed by atoms with E-state index in [-0.39, 0.29) is 11.0 Å². The van der Waals surface area contributed by atoms with E-state index in [0.717, 1.165) is 0 Å². The first kappa shape index (κ1) is 14.0. The molecule has 0 saturated heterocycles. The number of H-pyrrole nitrogens is 1. The molecule has 2 rings (SSSR count). The Hall–Kier alpha value is -2.43. The lowest BCUT2D eigenvalue weighted by Crippen LogP contribution is -2.31. The Kier molecular flexibility index (Phi) is 3.98. The second-order valence-electron chi connectivity index (χ2n) is 4.61. The van der Waals surface area contributed by atoms with Crippen LogP contribution in [-0.2, 0) is 0 Å². The maximum atomic E-state index is 13.6. The van der Waals surface area contributed by atoms with Crippen molar-refractivity contribution >= 4 is 5.91 Å². The van der Waals surface area contributed by atoms with Crippen molar-refractivity contribution in [2.75, 3.05) is 0 Å². The van der Waals surface area contributed by atoms with Crippen LogP contribution in [-0.4, -0.2) is 10.9 Å². The maximum Gasteiger partial charge on any atom is 0.257 e. The molecule has 0 bridgehead atoms. The molecular weight excluding hydrogens is 259 g/mol. The zero-order valence-corrected chi connectivity index (χ0v) is 11.2. The van der Waals surface area contributed by atoms with Gasteiger partial charge in [-0.3, -0.25) is 9.59 Å². The van der Waals surface area contributed by atoms with E-state index in [9.17, 15) is 14.0 Å². The van der Waals surface area contributed by atoms with Gasteiger partial charge in [-0.1, -0.05) is 18.2 Å². The lowest BCUT2D eigenvalue weighted by Gasteiger charge is -2.14. The van der Waals surface area contributed by atoms with Gasteiger partial charge in [-0.2, -0.15) is 0 Å². The van der Waals surface area contributed by atoms with Gasteiger partial charge >= 0.3 is 0 Å². The van der Waals surface area contributed by atoms with Gasteiger partial charge in [0.25, 0.3) is 5.91 Å². The molecule has 0 aliphatic rings. The van der Waals surface area contributed by atoms with E-state index in [2.05, 4.69) is 10.3 Å². The topological polar surface area (TPSA) is 62.0 Å². The Balaban J connectivity index is 2.20. The van der Waals surface area contributed by atoms with Crippen LogP contribution in [0.2, 0.25) is 0 Å². The standard InChI is InChI=1S/C15H15FN2O2/c1-9-7-14(19)12(8-17-9)15(20)18-10(2)11-5-3-4-6-13(11)16/h3-8,10H,1-2H3,(H,17,19)(H,18,20). The fraction of sp³-hybridized carbons (Fsp3) is 0.200. The first-order valence-corrected chi connectivity index (χ1v) is 6.23. The van der Waals surface area contributed by atoms with E-state index in [4.69, 9.17) is 0 Å². The van der Waals surface area contributed by atoms with Crippen LogP contribution in [0.5, 0.6) is 0 Å². The van der Waals surface area contributed by atoms with Crippen LogP contribution >= 0.6 is 0 Å². The Morgan fingerprint density at radius 1 is 1.35 bits per heavy atom. The zero-order valence-electron chi connectivity index (χ0n) is 11.2. The summed E-state index contributed by atoms with van der Waals surface area (Å²) >= 11 is 0. The minimum atomic E-state index is -0.526. The highest BCUT2D eigenvalue weighted by Gasteiger charge is 2.16. The quantitative estimate of drug-likeness (QED) is 0.902. The predicted molar refractivity (Wildman–Crippen MR) is 74.1 cm³/mol. The average molecular weight is 274 g/mol. The largest absolute Gasteiger partial charge is 0.364 e. The van der Waals surface area contributed by atoms with Gasteiger partial charge < -0.3 is 10.3 Å². The van der Waals surface area contributed by atoms with Gasteiger partial charge in [0.15, 0.2) is 5.43 Å². The molecule has 2 aromatic rings. The second-order valence-corrected chi connectivity index (χ2v) is 4.61. The van der Waals surface area contributed by atoms with Crippen molar-refractivity contribution in [2.45, 2.75) is 19.9 Å². The summed E-state index contributed by atoms with van der Waals surface area (Å²) in [5.74, 6) is -0.917. The molecule has 1 aromatic carbocycles. The number of hydrogen-bond donors (Lipinski definition) is 2. The summed E-state index contributed by atoms with van der Waals surface area (Å²) in [6.07, 6.45) is 1.36. The number of pyridine rings is 1. The van der Waals surface area contributed by atoms with Gasteiger partial charge in [0.05, 0.1) is 6.04 Å². The summed E-state index contributed by atoms with van der Waals surface area (Å²) in [7, 11) is 0. The first-order chi connectivity index (χ1) is 9.49. The number of aryl methyl sites for hydroxylation is 1. The second kappa shape index (κ2) is 5.69. The van der Waals surface area contributed by atoms with Gasteiger partial charge in [0.2, 0.25) is 0 Å². The monoisotopic (exact) mass is 274 g/mol. The van der Waals surface area contributed by atoms with E-state index in [1.54, 1.807) is 32.0 Å². The highest BCUT2D eigenvalue weighted by molar-refractivity contribution is 5.94. The highest BCUT2D eigenvalue weighted by Crippen LogP contribution is 2.16. The number of halogens is 1. The van der Waals surface area contributed by atoms with Gasteiger partial charge in [-0.15, -0.1) is 0 Å². The zero-order chi connectivity index (χ0) is 14.7. The van der Waals surface area contributed by atoms with Gasteiger partial charge in [0.1, 0.15) is 11.4 Å². The Morgan fingerprint density at radius 2 is 2.05 bits per heavy atom. The Bertz CT molecular complexity index is 694. The Labute approximate surface area is 115 Å². The third-order valence-electron chi connectivity index (χ3n) is 3.02. The third kappa shape index (κ3) is 2.93. The molecule has 4 nitrogen and oxygen atoms in total. The maximum absolute atomic E-state index is 13.6. The summed E-state index contributed by atoms with van der Waals surface area (Å²) in [5.41, 5.74) is 0.705. The van der Waals surface area contributed by atoms with E-state index in [1.807, 2.05) is 0 Å². The fourth-order valence-electron chi connectivity index (χ4n) is 1.93. The number of hydrogen-bond acceptors (Lipinski definition) is 2. The SMILES string of the molecule is Cc1cc(=O)c(C(=O)NC(C)c2ccccc2F)c[nH]1. The lowest BCUT2D eigenvalue weighted by molar-refractivity contribution is 0.0938. The number of nitrogens with one attached hydrogen (secondary N) is 2. The van der Waals surface area contributed by atoms with Crippen molar-refractivity contribution in [1.82, 2.24) is 10.3 Å². The van der Waals surface area contributed by atoms with Crippen LogP contribution in [0, 0.1) is 12.7 Å². The molecule has 1 unspecified atom stereocenters. The molecule has 2 N–H and O–H groups in total. The van der Waals surface area contributed by atoms with Crippen molar-refractivity contribution in [1.29, 1.82) is 0 Å². The number of rotatable bonds is 3. The van der Waals surface area contributed by atoms with Crippen molar-refractivity contribution in [3.63, 3.8) is 0 Å². The fourth-order valence-corrected chi connectivity index (χ4v) is 1.93. The van der Waals surface area contributed by atoms with Crippen molar-refractivity contribution < 1.29 is 9.18 Å². The molecule has 104 valence electrons. The van der Waals surface area contributed by atoms with Crippen molar-refractivity contribution in [3.05, 3.63) is 69.4 Å². The van der Waals surface area contributed by atoms with E-state index >= 15 is 0 Å². The van der Waals surface area contributed by atoms with Crippen LogP contribution in [0.4, 0.5) is 4.39 Å². The number of benzene rings is 1. The molecule has 1 heterocycles. The molecule has 5 heteroatoms. The molecule has 20 heavy (non-hydrogen) atoms. The van der Waals surface area contributed by atoms with Crippen molar-refractivity contribution in [2.24, 2.45) is 0 Å². The minimum Gasteiger partial charge on any atom is -0.364 e. The van der Waals surface area contributed by atoms with Crippen LogP contribution < -0.4 is 10.7 Å². The predicted octanol–water partition coefficient (Wildman–Crippen LogP) is 2.31. The molecule has 0 fully saturated rings. The molecule has 0 aliphatic carbocycles. The summed E-state index contributed by atoms with van der Waals surface area (Å²) in [6.45, 7) is 3.39. The third-order valence-corrected chi connectivity index (χ3v) is 3.02. The van der Waals surface area contributed by atoms with Crippen LogP contribution in [0.3, 0.4) is 0 Å². The van der Waals surface area contributed by atoms with E-state index < -0.39 is 17.8 Å². The number of aromatic amines is 1. The number of carbonyl (C=O) groups is 1. The average Bonchev–Trinajstić information content (AvgIpc) is 2.38. The molecule has 0 aliphatic heterocycles. The summed E-state index contributed by atoms with van der Waals surface area (Å²) in [5, 5.41) is 2.61. The van der Waals surface area contributed by atoms with Gasteiger partial charge in [-0.25, -0.2) is 4.39 Å². The summed E-state index contributed by atoms with van der Waals surface area (Å²) in [6, 6.07) is 7.03. The van der Waals surface area contributed by atoms with E-state index in [0.29, 0.717) is 11.3 Å². The van der Waals surface area contributed by atoms with Gasteiger partial charge in [0, 0.05) is 23.5 Å². The Morgan fingerprint density at radius 3 is 2.70 bits per heavy atom. The lowest BCUT2D eigenvalue weighted by atomic mass is 10.1. The van der Waals surface area contributed by atoms with E-state index in [1.165, 1.54) is 18.3 Å². The molecular formula is C15H15FN2O2. The van der Waals surface area contributed by atoms with Crippen LogP contribution in [0.25, 0.3) is 0 Å². The smallest absolute Gasteiger partial charge is 0.257 e. The number of carbonyl (C=O) groups excluding carboxylic acids is 1. The number of amides is 1.